The molecule has 2 heterocycles. The number of rotatable bonds is 3. The molecule has 1 atom stereocenters. The molecule has 0 spiro atoms. The summed E-state index contributed by atoms with van der Waals surface area (Å²) in [6.45, 7) is 5.54. The van der Waals surface area contributed by atoms with E-state index in [1.807, 2.05) is 0 Å². The molecule has 0 bridgehead atoms. The number of anilines is 1. The molecule has 1 saturated heterocycles. The SMILES string of the molecule is Cc1cc(-c2nc(N)sc2CN2CCCCC2C)cc(C(F)(F)F)c1. The number of piperidine rings is 1. The Labute approximate surface area is 149 Å². The third-order valence-corrected chi connectivity index (χ3v) is 5.55. The smallest absolute Gasteiger partial charge is 0.375 e. The van der Waals surface area contributed by atoms with Crippen molar-refractivity contribution in [2.24, 2.45) is 0 Å². The highest BCUT2D eigenvalue weighted by molar-refractivity contribution is 7.15. The first kappa shape index (κ1) is 18.2. The van der Waals surface area contributed by atoms with Gasteiger partial charge in [0, 0.05) is 23.0 Å². The zero-order chi connectivity index (χ0) is 18.2. The summed E-state index contributed by atoms with van der Waals surface area (Å²) in [5.74, 6) is 0. The maximum Gasteiger partial charge on any atom is 0.416 e. The first-order valence-electron chi connectivity index (χ1n) is 8.42. The minimum atomic E-state index is -4.37. The Morgan fingerprint density at radius 1 is 1.28 bits per heavy atom. The molecule has 1 aromatic carbocycles. The second-order valence-electron chi connectivity index (χ2n) is 6.72. The van der Waals surface area contributed by atoms with E-state index in [1.165, 1.54) is 23.8 Å². The van der Waals surface area contributed by atoms with E-state index in [-0.39, 0.29) is 0 Å². The third-order valence-electron chi connectivity index (χ3n) is 4.68. The lowest BCUT2D eigenvalue weighted by Gasteiger charge is -2.33. The van der Waals surface area contributed by atoms with Crippen molar-refractivity contribution in [2.45, 2.75) is 51.9 Å². The van der Waals surface area contributed by atoms with Crippen LogP contribution in [-0.2, 0) is 12.7 Å². The fraction of sp³-hybridized carbons (Fsp3) is 0.500. The van der Waals surface area contributed by atoms with Crippen molar-refractivity contribution in [3.63, 3.8) is 0 Å². The van der Waals surface area contributed by atoms with E-state index in [9.17, 15) is 13.2 Å². The van der Waals surface area contributed by atoms with Gasteiger partial charge in [0.1, 0.15) is 0 Å². The molecule has 1 aliphatic rings. The molecule has 1 aliphatic heterocycles. The topological polar surface area (TPSA) is 42.1 Å². The first-order valence-corrected chi connectivity index (χ1v) is 9.24. The number of nitrogens with two attached hydrogens (primary N) is 1. The molecule has 0 radical (unpaired) electrons. The Bertz CT molecular complexity index is 755. The van der Waals surface area contributed by atoms with Crippen molar-refractivity contribution in [3.8, 4) is 11.3 Å². The largest absolute Gasteiger partial charge is 0.416 e. The lowest BCUT2D eigenvalue weighted by molar-refractivity contribution is -0.137. The molecule has 1 aromatic heterocycles. The van der Waals surface area contributed by atoms with E-state index in [0.717, 1.165) is 30.3 Å². The maximum atomic E-state index is 13.1. The fourth-order valence-corrected chi connectivity index (χ4v) is 4.24. The number of nitrogen functional groups attached to an aromatic ring is 1. The quantitative estimate of drug-likeness (QED) is 0.819. The molecule has 1 fully saturated rings. The molecule has 0 aliphatic carbocycles. The van der Waals surface area contributed by atoms with Gasteiger partial charge >= 0.3 is 6.18 Å². The summed E-state index contributed by atoms with van der Waals surface area (Å²) in [7, 11) is 0. The Hall–Kier alpha value is -1.60. The molecule has 3 rings (SSSR count). The number of hydrogen-bond acceptors (Lipinski definition) is 4. The van der Waals surface area contributed by atoms with Crippen molar-refractivity contribution in [2.75, 3.05) is 12.3 Å². The molecular weight excluding hydrogens is 347 g/mol. The van der Waals surface area contributed by atoms with E-state index >= 15 is 0 Å². The Morgan fingerprint density at radius 3 is 2.72 bits per heavy atom. The van der Waals surface area contributed by atoms with Crippen molar-refractivity contribution >= 4 is 16.5 Å². The van der Waals surface area contributed by atoms with Gasteiger partial charge in [0.15, 0.2) is 5.13 Å². The molecule has 2 aromatic rings. The number of alkyl halides is 3. The predicted octanol–water partition coefficient (Wildman–Crippen LogP) is 5.09. The minimum Gasteiger partial charge on any atom is -0.375 e. The van der Waals surface area contributed by atoms with Crippen LogP contribution in [0, 0.1) is 6.92 Å². The number of thiazole rings is 1. The van der Waals surface area contributed by atoms with Gasteiger partial charge in [0.05, 0.1) is 11.3 Å². The predicted molar refractivity (Wildman–Crippen MR) is 95.4 cm³/mol. The highest BCUT2D eigenvalue weighted by atomic mass is 32.1. The van der Waals surface area contributed by atoms with Gasteiger partial charge in [-0.3, -0.25) is 4.90 Å². The Morgan fingerprint density at radius 2 is 2.04 bits per heavy atom. The van der Waals surface area contributed by atoms with E-state index in [2.05, 4.69) is 16.8 Å². The molecule has 1 unspecified atom stereocenters. The van der Waals surface area contributed by atoms with Gasteiger partial charge < -0.3 is 5.73 Å². The molecule has 2 N–H and O–H groups in total. The van der Waals surface area contributed by atoms with Crippen LogP contribution in [0.2, 0.25) is 0 Å². The van der Waals surface area contributed by atoms with Gasteiger partial charge in [-0.1, -0.05) is 6.42 Å². The van der Waals surface area contributed by atoms with Gasteiger partial charge in [-0.05, 0) is 57.0 Å². The molecule has 0 saturated carbocycles. The highest BCUT2D eigenvalue weighted by Gasteiger charge is 2.31. The third kappa shape index (κ3) is 4.15. The van der Waals surface area contributed by atoms with Crippen molar-refractivity contribution in [1.82, 2.24) is 9.88 Å². The van der Waals surface area contributed by atoms with Crippen molar-refractivity contribution in [3.05, 3.63) is 34.2 Å². The average molecular weight is 369 g/mol. The van der Waals surface area contributed by atoms with Crippen molar-refractivity contribution < 1.29 is 13.2 Å². The minimum absolute atomic E-state index is 0.393. The summed E-state index contributed by atoms with van der Waals surface area (Å²) >= 11 is 1.37. The normalized spacial score (nSPS) is 19.3. The van der Waals surface area contributed by atoms with Crippen LogP contribution >= 0.6 is 11.3 Å². The van der Waals surface area contributed by atoms with Crippen LogP contribution < -0.4 is 5.73 Å². The van der Waals surface area contributed by atoms with E-state index in [1.54, 1.807) is 13.0 Å². The summed E-state index contributed by atoms with van der Waals surface area (Å²) < 4.78 is 39.4. The second kappa shape index (κ2) is 6.96. The number of aryl methyl sites for hydroxylation is 1. The zero-order valence-corrected chi connectivity index (χ0v) is 15.2. The highest BCUT2D eigenvalue weighted by Crippen LogP contribution is 2.37. The van der Waals surface area contributed by atoms with Crippen LogP contribution in [-0.4, -0.2) is 22.5 Å². The van der Waals surface area contributed by atoms with Crippen LogP contribution in [0.1, 0.15) is 42.2 Å². The fourth-order valence-electron chi connectivity index (χ4n) is 3.36. The van der Waals surface area contributed by atoms with Crippen LogP contribution in [0.5, 0.6) is 0 Å². The molecule has 7 heteroatoms. The van der Waals surface area contributed by atoms with Crippen LogP contribution in [0.15, 0.2) is 18.2 Å². The van der Waals surface area contributed by atoms with E-state index < -0.39 is 11.7 Å². The number of nitrogens with zero attached hydrogens (tertiary/aromatic N) is 2. The number of benzene rings is 1. The summed E-state index contributed by atoms with van der Waals surface area (Å²) in [5.41, 5.74) is 6.87. The maximum absolute atomic E-state index is 13.1. The van der Waals surface area contributed by atoms with Gasteiger partial charge in [0.2, 0.25) is 0 Å². The van der Waals surface area contributed by atoms with Gasteiger partial charge in [-0.2, -0.15) is 13.2 Å². The standard InChI is InChI=1S/C18H22F3N3S/c1-11-7-13(9-14(8-11)18(19,20)21)16-15(25-17(22)23-16)10-24-6-4-3-5-12(24)2/h7-9,12H,3-6,10H2,1-2H3,(H2,22,23). The molecule has 0 amide bonds. The van der Waals surface area contributed by atoms with Crippen LogP contribution in [0.25, 0.3) is 11.3 Å². The first-order chi connectivity index (χ1) is 11.7. The van der Waals surface area contributed by atoms with Gasteiger partial charge in [-0.25, -0.2) is 4.98 Å². The molecule has 136 valence electrons. The van der Waals surface area contributed by atoms with Crippen molar-refractivity contribution in [1.29, 1.82) is 0 Å². The van der Waals surface area contributed by atoms with Gasteiger partial charge in [-0.15, -0.1) is 11.3 Å². The molecule has 3 nitrogen and oxygen atoms in total. The lowest BCUT2D eigenvalue weighted by atomic mass is 10.0. The summed E-state index contributed by atoms with van der Waals surface area (Å²) in [6, 6.07) is 4.54. The summed E-state index contributed by atoms with van der Waals surface area (Å²) in [6.07, 6.45) is -0.852. The van der Waals surface area contributed by atoms with Crippen LogP contribution in [0.3, 0.4) is 0 Å². The number of likely N-dealkylation sites (tertiary alicyclic amines) is 1. The Balaban J connectivity index is 1.97. The van der Waals surface area contributed by atoms with E-state index in [0.29, 0.717) is 34.5 Å². The zero-order valence-electron chi connectivity index (χ0n) is 14.4. The monoisotopic (exact) mass is 369 g/mol. The van der Waals surface area contributed by atoms with Gasteiger partial charge in [0.25, 0.3) is 0 Å². The summed E-state index contributed by atoms with van der Waals surface area (Å²) in [4.78, 5) is 7.63. The second-order valence-corrected chi connectivity index (χ2v) is 7.84. The average Bonchev–Trinajstić information content (AvgIpc) is 2.89. The summed E-state index contributed by atoms with van der Waals surface area (Å²) in [5, 5.41) is 0.393. The number of aromatic nitrogens is 1. The molecule has 25 heavy (non-hydrogen) atoms. The van der Waals surface area contributed by atoms with Crippen LogP contribution in [0.4, 0.5) is 18.3 Å². The Kier molecular flexibility index (Phi) is 5.06. The van der Waals surface area contributed by atoms with E-state index in [4.69, 9.17) is 5.73 Å². The lowest BCUT2D eigenvalue weighted by Crippen LogP contribution is -2.36. The number of hydrogen-bond donors (Lipinski definition) is 1. The molecular formula is C18H22F3N3S. The number of halogens is 3.